The van der Waals surface area contributed by atoms with Gasteiger partial charge in [0, 0.05) is 30.1 Å². The Hall–Kier alpha value is -1.81. The Labute approximate surface area is 132 Å². The van der Waals surface area contributed by atoms with Gasteiger partial charge in [-0.2, -0.15) is 0 Å². The van der Waals surface area contributed by atoms with Crippen molar-refractivity contribution in [2.75, 3.05) is 26.2 Å². The van der Waals surface area contributed by atoms with E-state index >= 15 is 0 Å². The number of rotatable bonds is 9. The number of carbonyl (C=O) groups excluding carboxylic acids is 1. The molecule has 120 valence electrons. The summed E-state index contributed by atoms with van der Waals surface area (Å²) in [5, 5.41) is 4.24. The highest BCUT2D eigenvalue weighted by atomic mass is 16.1. The van der Waals surface area contributed by atoms with Gasteiger partial charge in [-0.15, -0.1) is 0 Å². The molecule has 0 bridgehead atoms. The van der Waals surface area contributed by atoms with E-state index in [1.165, 1.54) is 10.9 Å². The Morgan fingerprint density at radius 2 is 2.00 bits per heavy atom. The summed E-state index contributed by atoms with van der Waals surface area (Å²) in [5.74, 6) is 0.143. The molecule has 2 aromatic rings. The summed E-state index contributed by atoms with van der Waals surface area (Å²) in [6.07, 6.45) is 4.36. The standard InChI is InChI=1S/C18H27N3O/c1-3-21(4-2)13-7-12-19-18(22)11-10-15-14-20-17-9-6-5-8-16(15)17/h5-6,8-9,14,20H,3-4,7,10-13H2,1-2H3,(H,19,22). The SMILES string of the molecule is CCN(CC)CCCNC(=O)CCc1c[nH]c2ccccc12. The number of amides is 1. The van der Waals surface area contributed by atoms with Crippen molar-refractivity contribution in [3.63, 3.8) is 0 Å². The molecule has 1 aromatic heterocycles. The van der Waals surface area contributed by atoms with Gasteiger partial charge in [0.05, 0.1) is 0 Å². The monoisotopic (exact) mass is 301 g/mol. The van der Waals surface area contributed by atoms with Gasteiger partial charge in [0.1, 0.15) is 0 Å². The van der Waals surface area contributed by atoms with Crippen LogP contribution in [0.3, 0.4) is 0 Å². The first-order chi connectivity index (χ1) is 10.7. The molecule has 0 fully saturated rings. The molecule has 1 heterocycles. The Bertz CT molecular complexity index is 587. The third-order valence-electron chi connectivity index (χ3n) is 4.16. The molecule has 0 unspecified atom stereocenters. The van der Waals surface area contributed by atoms with Crippen molar-refractivity contribution in [3.8, 4) is 0 Å². The normalized spacial score (nSPS) is 11.2. The van der Waals surface area contributed by atoms with Crippen LogP contribution in [-0.2, 0) is 11.2 Å². The average molecular weight is 301 g/mol. The van der Waals surface area contributed by atoms with E-state index < -0.39 is 0 Å². The van der Waals surface area contributed by atoms with E-state index in [9.17, 15) is 4.79 Å². The number of hydrogen-bond acceptors (Lipinski definition) is 2. The fraction of sp³-hybridized carbons (Fsp3) is 0.500. The Balaban J connectivity index is 1.70. The minimum atomic E-state index is 0.143. The fourth-order valence-electron chi connectivity index (χ4n) is 2.75. The maximum atomic E-state index is 11.9. The van der Waals surface area contributed by atoms with Crippen molar-refractivity contribution in [2.24, 2.45) is 0 Å². The zero-order valence-electron chi connectivity index (χ0n) is 13.7. The van der Waals surface area contributed by atoms with Gasteiger partial charge in [-0.25, -0.2) is 0 Å². The third-order valence-corrected chi connectivity index (χ3v) is 4.16. The second kappa shape index (κ2) is 8.59. The smallest absolute Gasteiger partial charge is 0.220 e. The van der Waals surface area contributed by atoms with Crippen LogP contribution in [0.5, 0.6) is 0 Å². The molecule has 1 aromatic carbocycles. The number of aryl methyl sites for hydroxylation is 1. The van der Waals surface area contributed by atoms with E-state index in [0.29, 0.717) is 6.42 Å². The van der Waals surface area contributed by atoms with Crippen LogP contribution >= 0.6 is 0 Å². The summed E-state index contributed by atoms with van der Waals surface area (Å²) in [5.41, 5.74) is 2.35. The number of nitrogens with one attached hydrogen (secondary N) is 2. The molecular weight excluding hydrogens is 274 g/mol. The highest BCUT2D eigenvalue weighted by Gasteiger charge is 2.06. The van der Waals surface area contributed by atoms with Crippen molar-refractivity contribution in [2.45, 2.75) is 33.1 Å². The molecule has 0 aliphatic carbocycles. The summed E-state index contributed by atoms with van der Waals surface area (Å²) in [7, 11) is 0. The van der Waals surface area contributed by atoms with Crippen molar-refractivity contribution in [1.82, 2.24) is 15.2 Å². The van der Waals surface area contributed by atoms with E-state index in [1.54, 1.807) is 0 Å². The lowest BCUT2D eigenvalue weighted by Crippen LogP contribution is -2.30. The third kappa shape index (κ3) is 4.60. The van der Waals surface area contributed by atoms with Gasteiger partial charge >= 0.3 is 0 Å². The fourth-order valence-corrected chi connectivity index (χ4v) is 2.75. The predicted octanol–water partition coefficient (Wildman–Crippen LogP) is 2.95. The second-order valence-corrected chi connectivity index (χ2v) is 5.59. The number of para-hydroxylation sites is 1. The highest BCUT2D eigenvalue weighted by Crippen LogP contribution is 2.18. The van der Waals surface area contributed by atoms with Gasteiger partial charge < -0.3 is 15.2 Å². The molecule has 1 amide bonds. The van der Waals surface area contributed by atoms with E-state index in [4.69, 9.17) is 0 Å². The zero-order valence-corrected chi connectivity index (χ0v) is 13.7. The molecule has 4 nitrogen and oxygen atoms in total. The first-order valence-corrected chi connectivity index (χ1v) is 8.28. The van der Waals surface area contributed by atoms with Gasteiger partial charge in [0.25, 0.3) is 0 Å². The number of carbonyl (C=O) groups is 1. The van der Waals surface area contributed by atoms with E-state index in [1.807, 2.05) is 18.3 Å². The Morgan fingerprint density at radius 1 is 1.23 bits per heavy atom. The molecule has 0 aliphatic rings. The first-order valence-electron chi connectivity index (χ1n) is 8.28. The Morgan fingerprint density at radius 3 is 2.77 bits per heavy atom. The van der Waals surface area contributed by atoms with Crippen molar-refractivity contribution in [3.05, 3.63) is 36.0 Å². The van der Waals surface area contributed by atoms with Gasteiger partial charge in [-0.1, -0.05) is 32.0 Å². The molecule has 0 saturated carbocycles. The van der Waals surface area contributed by atoms with E-state index in [2.05, 4.69) is 41.2 Å². The first kappa shape index (κ1) is 16.6. The second-order valence-electron chi connectivity index (χ2n) is 5.59. The van der Waals surface area contributed by atoms with Crippen LogP contribution in [0.15, 0.2) is 30.5 Å². The van der Waals surface area contributed by atoms with Gasteiger partial charge in [-0.05, 0) is 44.1 Å². The van der Waals surface area contributed by atoms with Crippen LogP contribution in [-0.4, -0.2) is 42.0 Å². The van der Waals surface area contributed by atoms with Crippen molar-refractivity contribution < 1.29 is 4.79 Å². The van der Waals surface area contributed by atoms with Crippen LogP contribution in [0.2, 0.25) is 0 Å². The minimum absolute atomic E-state index is 0.143. The quantitative estimate of drug-likeness (QED) is 0.700. The largest absolute Gasteiger partial charge is 0.361 e. The molecule has 0 atom stereocenters. The zero-order chi connectivity index (χ0) is 15.8. The highest BCUT2D eigenvalue weighted by molar-refractivity contribution is 5.84. The number of benzene rings is 1. The van der Waals surface area contributed by atoms with E-state index in [-0.39, 0.29) is 5.91 Å². The van der Waals surface area contributed by atoms with Crippen molar-refractivity contribution in [1.29, 1.82) is 0 Å². The van der Waals surface area contributed by atoms with Gasteiger partial charge in [0.2, 0.25) is 5.91 Å². The number of nitrogens with zero attached hydrogens (tertiary/aromatic N) is 1. The molecule has 0 radical (unpaired) electrons. The Kier molecular flexibility index (Phi) is 6.46. The summed E-state index contributed by atoms with van der Waals surface area (Å²) in [6.45, 7) is 8.31. The number of hydrogen-bond donors (Lipinski definition) is 2. The molecule has 2 rings (SSSR count). The van der Waals surface area contributed by atoms with E-state index in [0.717, 1.165) is 44.5 Å². The molecule has 0 aliphatic heterocycles. The topological polar surface area (TPSA) is 48.1 Å². The molecular formula is C18H27N3O. The summed E-state index contributed by atoms with van der Waals surface area (Å²) in [6, 6.07) is 8.22. The lowest BCUT2D eigenvalue weighted by molar-refractivity contribution is -0.121. The van der Waals surface area contributed by atoms with Crippen LogP contribution in [0.25, 0.3) is 10.9 Å². The molecule has 2 N–H and O–H groups in total. The molecule has 0 spiro atoms. The van der Waals surface area contributed by atoms with Gasteiger partial charge in [-0.3, -0.25) is 4.79 Å². The maximum absolute atomic E-state index is 11.9. The van der Waals surface area contributed by atoms with Crippen LogP contribution < -0.4 is 5.32 Å². The van der Waals surface area contributed by atoms with Crippen LogP contribution in [0, 0.1) is 0 Å². The minimum Gasteiger partial charge on any atom is -0.361 e. The van der Waals surface area contributed by atoms with Crippen LogP contribution in [0.1, 0.15) is 32.3 Å². The maximum Gasteiger partial charge on any atom is 0.220 e. The number of H-pyrrole nitrogens is 1. The molecule has 4 heteroatoms. The van der Waals surface area contributed by atoms with Crippen LogP contribution in [0.4, 0.5) is 0 Å². The average Bonchev–Trinajstić information content (AvgIpc) is 2.96. The lowest BCUT2D eigenvalue weighted by atomic mass is 10.1. The number of aromatic nitrogens is 1. The molecule has 0 saturated heterocycles. The summed E-state index contributed by atoms with van der Waals surface area (Å²) < 4.78 is 0. The molecule has 22 heavy (non-hydrogen) atoms. The summed E-state index contributed by atoms with van der Waals surface area (Å²) in [4.78, 5) is 17.5. The van der Waals surface area contributed by atoms with Crippen molar-refractivity contribution >= 4 is 16.8 Å². The van der Waals surface area contributed by atoms with Gasteiger partial charge in [0.15, 0.2) is 0 Å². The summed E-state index contributed by atoms with van der Waals surface area (Å²) >= 11 is 0. The lowest BCUT2D eigenvalue weighted by Gasteiger charge is -2.17. The predicted molar refractivity (Wildman–Crippen MR) is 92.0 cm³/mol. The number of fused-ring (bicyclic) bond motifs is 1. The number of aromatic amines is 1.